The van der Waals surface area contributed by atoms with Gasteiger partial charge in [0.2, 0.25) is 5.71 Å². The van der Waals surface area contributed by atoms with E-state index in [4.69, 9.17) is 16.4 Å². The molecule has 23 heavy (non-hydrogen) atoms. The van der Waals surface area contributed by atoms with Crippen molar-refractivity contribution in [1.29, 1.82) is 10.7 Å². The molecule has 0 aliphatic carbocycles. The number of aromatic nitrogens is 1. The number of carbonyl (C=O) groups excluding carboxylic acids is 1. The first-order valence-electron chi connectivity index (χ1n) is 6.50. The SMILES string of the molecule is N#C/C(=N\Nc1ccc(NC(=O)c2cccnc2)cc1)C(=N)N. The highest BCUT2D eigenvalue weighted by Crippen LogP contribution is 2.14. The molecular weight excluding hydrogens is 294 g/mol. The van der Waals surface area contributed by atoms with Gasteiger partial charge in [0.15, 0.2) is 5.84 Å². The third-order valence-electron chi connectivity index (χ3n) is 2.72. The Labute approximate surface area is 132 Å². The second-order valence-corrected chi connectivity index (χ2v) is 4.37. The number of benzene rings is 1. The van der Waals surface area contributed by atoms with Gasteiger partial charge in [-0.05, 0) is 36.4 Å². The molecule has 0 atom stereocenters. The minimum Gasteiger partial charge on any atom is -0.382 e. The fourth-order valence-electron chi connectivity index (χ4n) is 1.59. The Bertz CT molecular complexity index is 776. The highest BCUT2D eigenvalue weighted by Gasteiger charge is 2.05. The topological polar surface area (TPSA) is 140 Å². The van der Waals surface area contributed by atoms with Crippen LogP contribution in [0.25, 0.3) is 0 Å². The fraction of sp³-hybridized carbons (Fsp3) is 0. The van der Waals surface area contributed by atoms with E-state index in [9.17, 15) is 4.79 Å². The lowest BCUT2D eigenvalue weighted by molar-refractivity contribution is 0.102. The molecule has 0 unspecified atom stereocenters. The van der Waals surface area contributed by atoms with Gasteiger partial charge in [-0.1, -0.05) is 0 Å². The number of hydrogen-bond acceptors (Lipinski definition) is 6. The molecule has 8 heteroatoms. The van der Waals surface area contributed by atoms with Crippen molar-refractivity contribution in [2.75, 3.05) is 10.7 Å². The fourth-order valence-corrected chi connectivity index (χ4v) is 1.59. The van der Waals surface area contributed by atoms with Crippen LogP contribution in [-0.4, -0.2) is 22.4 Å². The number of anilines is 2. The molecule has 0 bridgehead atoms. The maximum absolute atomic E-state index is 12.0. The summed E-state index contributed by atoms with van der Waals surface area (Å²) in [5, 5.41) is 22.3. The van der Waals surface area contributed by atoms with E-state index >= 15 is 0 Å². The van der Waals surface area contributed by atoms with Crippen molar-refractivity contribution in [3.63, 3.8) is 0 Å². The highest BCUT2D eigenvalue weighted by atomic mass is 16.1. The van der Waals surface area contributed by atoms with Crippen LogP contribution in [0.4, 0.5) is 11.4 Å². The summed E-state index contributed by atoms with van der Waals surface area (Å²) in [5.41, 5.74) is 9.22. The van der Waals surface area contributed by atoms with Gasteiger partial charge in [0.25, 0.3) is 5.91 Å². The van der Waals surface area contributed by atoms with Crippen LogP contribution in [0.2, 0.25) is 0 Å². The lowest BCUT2D eigenvalue weighted by Crippen LogP contribution is -2.21. The standard InChI is InChI=1S/C15H13N7O/c16-8-13(14(17)18)22-21-12-5-3-11(4-6-12)20-15(23)10-2-1-7-19-9-10/h1-7,9,21H,(H3,17,18)(H,20,23)/b22-13+. The Balaban J connectivity index is 2.01. The van der Waals surface area contributed by atoms with Crippen molar-refractivity contribution in [1.82, 2.24) is 4.98 Å². The molecule has 0 saturated heterocycles. The molecule has 0 saturated carbocycles. The third-order valence-corrected chi connectivity index (χ3v) is 2.72. The number of hydrazone groups is 1. The average molecular weight is 307 g/mol. The van der Waals surface area contributed by atoms with Crippen molar-refractivity contribution >= 4 is 28.8 Å². The van der Waals surface area contributed by atoms with Gasteiger partial charge in [0.05, 0.1) is 11.3 Å². The van der Waals surface area contributed by atoms with Crippen LogP contribution in [-0.2, 0) is 0 Å². The monoisotopic (exact) mass is 307 g/mol. The maximum atomic E-state index is 12.0. The summed E-state index contributed by atoms with van der Waals surface area (Å²) >= 11 is 0. The quantitative estimate of drug-likeness (QED) is 0.377. The van der Waals surface area contributed by atoms with E-state index in [2.05, 4.69) is 20.8 Å². The van der Waals surface area contributed by atoms with Gasteiger partial charge >= 0.3 is 0 Å². The average Bonchev–Trinajstić information content (AvgIpc) is 2.57. The molecule has 2 aromatic rings. The Morgan fingerprint density at radius 1 is 1.26 bits per heavy atom. The van der Waals surface area contributed by atoms with Gasteiger partial charge in [0.1, 0.15) is 6.07 Å². The van der Waals surface area contributed by atoms with Gasteiger partial charge < -0.3 is 11.1 Å². The zero-order valence-corrected chi connectivity index (χ0v) is 11.9. The van der Waals surface area contributed by atoms with E-state index in [-0.39, 0.29) is 11.6 Å². The van der Waals surface area contributed by atoms with E-state index in [1.807, 2.05) is 0 Å². The summed E-state index contributed by atoms with van der Waals surface area (Å²) in [6, 6.07) is 11.7. The maximum Gasteiger partial charge on any atom is 0.257 e. The number of nitrogens with zero attached hydrogens (tertiary/aromatic N) is 3. The van der Waals surface area contributed by atoms with Crippen LogP contribution >= 0.6 is 0 Å². The lowest BCUT2D eigenvalue weighted by Gasteiger charge is -2.06. The van der Waals surface area contributed by atoms with E-state index in [1.165, 1.54) is 6.20 Å². The summed E-state index contributed by atoms with van der Waals surface area (Å²) in [6.45, 7) is 0. The molecule has 5 N–H and O–H groups in total. The summed E-state index contributed by atoms with van der Waals surface area (Å²) in [4.78, 5) is 15.9. The molecule has 0 aliphatic rings. The van der Waals surface area contributed by atoms with E-state index in [0.717, 1.165) is 0 Å². The summed E-state index contributed by atoms with van der Waals surface area (Å²) in [7, 11) is 0. The smallest absolute Gasteiger partial charge is 0.257 e. The number of amidine groups is 1. The van der Waals surface area contributed by atoms with Gasteiger partial charge in [-0.3, -0.25) is 20.6 Å². The minimum atomic E-state index is -0.416. The summed E-state index contributed by atoms with van der Waals surface area (Å²) < 4.78 is 0. The van der Waals surface area contributed by atoms with E-state index in [0.29, 0.717) is 16.9 Å². The Morgan fingerprint density at radius 2 is 1.96 bits per heavy atom. The Kier molecular flexibility index (Phi) is 4.99. The van der Waals surface area contributed by atoms with Crippen molar-refractivity contribution < 1.29 is 4.79 Å². The number of amides is 1. The van der Waals surface area contributed by atoms with Gasteiger partial charge in [-0.25, -0.2) is 0 Å². The minimum absolute atomic E-state index is 0.209. The highest BCUT2D eigenvalue weighted by molar-refractivity contribution is 6.45. The summed E-state index contributed by atoms with van der Waals surface area (Å²) in [6.07, 6.45) is 3.07. The van der Waals surface area contributed by atoms with Crippen LogP contribution in [0.1, 0.15) is 10.4 Å². The zero-order valence-electron chi connectivity index (χ0n) is 11.9. The number of nitriles is 1. The molecule has 114 valence electrons. The number of rotatable bonds is 5. The predicted octanol–water partition coefficient (Wildman–Crippen LogP) is 1.56. The Morgan fingerprint density at radius 3 is 2.52 bits per heavy atom. The van der Waals surface area contributed by atoms with Crippen molar-refractivity contribution in [2.24, 2.45) is 10.8 Å². The lowest BCUT2D eigenvalue weighted by atomic mass is 10.2. The molecule has 2 rings (SSSR count). The van der Waals surface area contributed by atoms with E-state index < -0.39 is 5.84 Å². The second-order valence-electron chi connectivity index (χ2n) is 4.37. The van der Waals surface area contributed by atoms with Gasteiger partial charge in [-0.15, -0.1) is 0 Å². The number of carbonyl (C=O) groups is 1. The number of pyridine rings is 1. The molecule has 0 radical (unpaired) electrons. The molecule has 1 aromatic carbocycles. The van der Waals surface area contributed by atoms with Crippen LogP contribution < -0.4 is 16.5 Å². The van der Waals surface area contributed by atoms with Crippen LogP contribution in [0.15, 0.2) is 53.9 Å². The van der Waals surface area contributed by atoms with Crippen LogP contribution in [0.3, 0.4) is 0 Å². The molecule has 1 amide bonds. The molecule has 8 nitrogen and oxygen atoms in total. The molecule has 0 spiro atoms. The van der Waals surface area contributed by atoms with Crippen molar-refractivity contribution in [3.8, 4) is 6.07 Å². The normalized spacial score (nSPS) is 10.5. The number of nitrogens with two attached hydrogens (primary N) is 1. The Hall–Kier alpha value is -3.73. The zero-order chi connectivity index (χ0) is 16.7. The molecule has 0 aliphatic heterocycles. The third kappa shape index (κ3) is 4.37. The molecule has 0 fully saturated rings. The molecule has 1 heterocycles. The first kappa shape index (κ1) is 15.7. The summed E-state index contributed by atoms with van der Waals surface area (Å²) in [5.74, 6) is -0.680. The molecule has 1 aromatic heterocycles. The second kappa shape index (κ2) is 7.33. The van der Waals surface area contributed by atoms with Crippen molar-refractivity contribution in [3.05, 3.63) is 54.4 Å². The van der Waals surface area contributed by atoms with Gasteiger partial charge in [0, 0.05) is 18.1 Å². The van der Waals surface area contributed by atoms with Gasteiger partial charge in [-0.2, -0.15) is 10.4 Å². The van der Waals surface area contributed by atoms with Crippen LogP contribution in [0, 0.1) is 16.7 Å². The van der Waals surface area contributed by atoms with E-state index in [1.54, 1.807) is 48.7 Å². The largest absolute Gasteiger partial charge is 0.382 e. The first-order valence-corrected chi connectivity index (χ1v) is 6.50. The van der Waals surface area contributed by atoms with Crippen LogP contribution in [0.5, 0.6) is 0 Å². The molecular formula is C15H13N7O. The predicted molar refractivity (Wildman–Crippen MR) is 87.2 cm³/mol. The number of nitrogens with one attached hydrogen (secondary N) is 3. The van der Waals surface area contributed by atoms with Crippen molar-refractivity contribution in [2.45, 2.75) is 0 Å². The number of hydrogen-bond donors (Lipinski definition) is 4. The first-order chi connectivity index (χ1) is 11.1.